The van der Waals surface area contributed by atoms with E-state index >= 15 is 0 Å². The molecule has 0 unspecified atom stereocenters. The first-order valence-corrected chi connectivity index (χ1v) is 4.13. The number of hydrogen-bond donors (Lipinski definition) is 0. The van der Waals surface area contributed by atoms with Gasteiger partial charge in [0.15, 0.2) is 0 Å². The van der Waals surface area contributed by atoms with E-state index in [9.17, 15) is 10.1 Å². The summed E-state index contributed by atoms with van der Waals surface area (Å²) in [5.74, 6) is 0. The van der Waals surface area contributed by atoms with Gasteiger partial charge in [-0.1, -0.05) is 6.07 Å². The molecule has 4 nitrogen and oxygen atoms in total. The van der Waals surface area contributed by atoms with Crippen LogP contribution in [0, 0.1) is 10.1 Å². The molecule has 0 aliphatic carbocycles. The summed E-state index contributed by atoms with van der Waals surface area (Å²) in [5.41, 5.74) is 2.43. The Morgan fingerprint density at radius 2 is 2.33 bits per heavy atom. The van der Waals surface area contributed by atoms with Crippen LogP contribution in [0.5, 0.6) is 0 Å². The maximum Gasteiger partial charge on any atom is 0.288 e. The minimum Gasteiger partial charge on any atom is -0.258 e. The molecule has 1 aromatic heterocycles. The fourth-order valence-corrected chi connectivity index (χ4v) is 1.79. The van der Waals surface area contributed by atoms with Gasteiger partial charge in [-0.25, -0.2) is 4.98 Å². The van der Waals surface area contributed by atoms with Crippen molar-refractivity contribution in [1.29, 1.82) is 0 Å². The van der Waals surface area contributed by atoms with Crippen LogP contribution in [0.3, 0.4) is 0 Å². The zero-order valence-corrected chi connectivity index (χ0v) is 6.75. The fourth-order valence-electron chi connectivity index (χ4n) is 1.02. The molecule has 0 saturated carbocycles. The molecule has 5 heteroatoms. The van der Waals surface area contributed by atoms with Gasteiger partial charge >= 0.3 is 0 Å². The molecule has 2 rings (SSSR count). The minimum absolute atomic E-state index is 0.134. The van der Waals surface area contributed by atoms with E-state index in [0.717, 1.165) is 0 Å². The van der Waals surface area contributed by atoms with Crippen molar-refractivity contribution >= 4 is 27.2 Å². The summed E-state index contributed by atoms with van der Waals surface area (Å²) >= 11 is 1.29. The van der Waals surface area contributed by atoms with Crippen LogP contribution in [0.4, 0.5) is 5.69 Å². The van der Waals surface area contributed by atoms with Gasteiger partial charge in [-0.3, -0.25) is 10.1 Å². The summed E-state index contributed by atoms with van der Waals surface area (Å²) in [6.45, 7) is 0. The summed E-state index contributed by atoms with van der Waals surface area (Å²) in [7, 11) is 0. The molecule has 2 aromatic rings. The van der Waals surface area contributed by atoms with Gasteiger partial charge in [-0.15, -0.1) is 11.3 Å². The second-order valence-electron chi connectivity index (χ2n) is 2.23. The number of nitro benzene ring substituents is 1. The van der Waals surface area contributed by atoms with E-state index in [-0.39, 0.29) is 10.6 Å². The third kappa shape index (κ3) is 0.947. The number of nitrogens with zero attached hydrogens (tertiary/aromatic N) is 2. The lowest BCUT2D eigenvalue weighted by molar-refractivity contribution is -0.382. The van der Waals surface area contributed by atoms with E-state index in [1.165, 1.54) is 17.4 Å². The Balaban J connectivity index is 2.82. The number of thiazole rings is 1. The highest BCUT2D eigenvalue weighted by Crippen LogP contribution is 2.27. The van der Waals surface area contributed by atoms with Crippen molar-refractivity contribution in [3.8, 4) is 0 Å². The van der Waals surface area contributed by atoms with E-state index in [0.29, 0.717) is 10.2 Å². The monoisotopic (exact) mass is 180 g/mol. The molecule has 1 aromatic carbocycles. The first kappa shape index (κ1) is 7.17. The smallest absolute Gasteiger partial charge is 0.258 e. The van der Waals surface area contributed by atoms with Gasteiger partial charge in [0.25, 0.3) is 5.69 Å². The maximum absolute atomic E-state index is 10.5. The van der Waals surface area contributed by atoms with E-state index in [2.05, 4.69) is 4.98 Å². The highest BCUT2D eigenvalue weighted by atomic mass is 32.1. The van der Waals surface area contributed by atoms with Gasteiger partial charge in [0.05, 0.1) is 16.0 Å². The normalized spacial score (nSPS) is 10.3. The fraction of sp³-hybridized carbons (Fsp3) is 0. The van der Waals surface area contributed by atoms with Crippen LogP contribution in [0.25, 0.3) is 10.2 Å². The second kappa shape index (κ2) is 2.53. The molecule has 0 bridgehead atoms. The van der Waals surface area contributed by atoms with Crippen LogP contribution in [0.1, 0.15) is 0 Å². The van der Waals surface area contributed by atoms with E-state index in [1.54, 1.807) is 17.6 Å². The van der Waals surface area contributed by atoms with Crippen LogP contribution in [0.2, 0.25) is 0 Å². The zero-order valence-electron chi connectivity index (χ0n) is 5.93. The van der Waals surface area contributed by atoms with Gasteiger partial charge < -0.3 is 0 Å². The Hall–Kier alpha value is -1.49. The van der Waals surface area contributed by atoms with Crippen molar-refractivity contribution in [3.63, 3.8) is 0 Å². The van der Waals surface area contributed by atoms with Crippen LogP contribution in [-0.4, -0.2) is 9.91 Å². The van der Waals surface area contributed by atoms with E-state index < -0.39 is 0 Å². The molecule has 0 atom stereocenters. The van der Waals surface area contributed by atoms with Crippen molar-refractivity contribution in [2.75, 3.05) is 0 Å². The highest BCUT2D eigenvalue weighted by Gasteiger charge is 2.11. The number of aromatic nitrogens is 1. The predicted octanol–water partition coefficient (Wildman–Crippen LogP) is 2.20. The highest BCUT2D eigenvalue weighted by molar-refractivity contribution is 7.17. The molecule has 0 amide bonds. The number of benzene rings is 1. The first-order valence-electron chi connectivity index (χ1n) is 3.25. The Labute approximate surface area is 71.6 Å². The lowest BCUT2D eigenvalue weighted by Gasteiger charge is -1.90. The van der Waals surface area contributed by atoms with Crippen molar-refractivity contribution in [1.82, 2.24) is 4.98 Å². The Kier molecular flexibility index (Phi) is 1.51. The number of rotatable bonds is 1. The lowest BCUT2D eigenvalue weighted by Crippen LogP contribution is -1.86. The van der Waals surface area contributed by atoms with Crippen molar-refractivity contribution < 1.29 is 4.92 Å². The molecule has 0 aliphatic heterocycles. The van der Waals surface area contributed by atoms with Gasteiger partial charge in [-0.2, -0.15) is 0 Å². The molecular formula is C7H4N2O2S. The maximum atomic E-state index is 10.5. The molecule has 0 fully saturated rings. The van der Waals surface area contributed by atoms with Crippen LogP contribution < -0.4 is 0 Å². The van der Waals surface area contributed by atoms with Crippen LogP contribution >= 0.6 is 11.3 Å². The predicted molar refractivity (Wildman–Crippen MR) is 46.3 cm³/mol. The van der Waals surface area contributed by atoms with Crippen LogP contribution in [-0.2, 0) is 0 Å². The van der Waals surface area contributed by atoms with Gasteiger partial charge in [0.2, 0.25) is 0 Å². The Morgan fingerprint density at radius 1 is 1.50 bits per heavy atom. The Bertz CT molecular complexity index is 438. The summed E-state index contributed by atoms with van der Waals surface area (Å²) in [6, 6.07) is 4.89. The first-order chi connectivity index (χ1) is 5.79. The minimum atomic E-state index is -0.388. The molecule has 0 spiro atoms. The third-order valence-electron chi connectivity index (χ3n) is 1.53. The van der Waals surface area contributed by atoms with Crippen molar-refractivity contribution in [2.45, 2.75) is 0 Å². The average molecular weight is 180 g/mol. The lowest BCUT2D eigenvalue weighted by atomic mass is 10.3. The third-order valence-corrected chi connectivity index (χ3v) is 2.40. The molecule has 12 heavy (non-hydrogen) atoms. The summed E-state index contributed by atoms with van der Waals surface area (Å²) < 4.78 is 0.641. The van der Waals surface area contributed by atoms with Gasteiger partial charge in [0.1, 0.15) is 4.70 Å². The Morgan fingerprint density at radius 3 is 3.08 bits per heavy atom. The number of hydrogen-bond acceptors (Lipinski definition) is 4. The second-order valence-corrected chi connectivity index (χ2v) is 3.09. The zero-order chi connectivity index (χ0) is 8.55. The SMILES string of the molecule is O=[N+]([O-])c1cccc2ncsc12. The quantitative estimate of drug-likeness (QED) is 0.499. The molecule has 0 N–H and O–H groups in total. The largest absolute Gasteiger partial charge is 0.288 e. The number of nitro groups is 1. The molecular weight excluding hydrogens is 176 g/mol. The topological polar surface area (TPSA) is 56.0 Å². The average Bonchev–Trinajstić information content (AvgIpc) is 2.49. The molecule has 1 heterocycles. The van der Waals surface area contributed by atoms with Crippen molar-refractivity contribution in [3.05, 3.63) is 33.8 Å². The standard InChI is InChI=1S/C7H4N2O2S/c10-9(11)6-3-1-2-5-7(6)12-4-8-5/h1-4H. The van der Waals surface area contributed by atoms with Crippen molar-refractivity contribution in [2.24, 2.45) is 0 Å². The summed E-state index contributed by atoms with van der Waals surface area (Å²) in [4.78, 5) is 14.1. The molecule has 60 valence electrons. The summed E-state index contributed by atoms with van der Waals surface area (Å²) in [5, 5.41) is 10.5. The van der Waals surface area contributed by atoms with Crippen LogP contribution in [0.15, 0.2) is 23.7 Å². The molecule has 0 radical (unpaired) electrons. The molecule has 0 saturated heterocycles. The van der Waals surface area contributed by atoms with Gasteiger partial charge in [0, 0.05) is 6.07 Å². The number of fused-ring (bicyclic) bond motifs is 1. The van der Waals surface area contributed by atoms with Gasteiger partial charge in [-0.05, 0) is 6.07 Å². The number of non-ortho nitro benzene ring substituents is 1. The van der Waals surface area contributed by atoms with E-state index in [4.69, 9.17) is 0 Å². The van der Waals surface area contributed by atoms with E-state index in [1.807, 2.05) is 0 Å². The molecule has 0 aliphatic rings. The summed E-state index contributed by atoms with van der Waals surface area (Å²) in [6.07, 6.45) is 0.